The second-order valence-electron chi connectivity index (χ2n) is 7.00. The van der Waals surface area contributed by atoms with Crippen molar-refractivity contribution in [3.8, 4) is 11.4 Å². The molecule has 0 aliphatic carbocycles. The molecule has 0 fully saturated rings. The molecule has 34 heavy (non-hydrogen) atoms. The van der Waals surface area contributed by atoms with E-state index in [9.17, 15) is 9.59 Å². The first-order chi connectivity index (χ1) is 16.5. The number of halogens is 2. The number of para-hydroxylation sites is 1. The fourth-order valence-electron chi connectivity index (χ4n) is 3.13. The van der Waals surface area contributed by atoms with E-state index in [1.165, 1.54) is 16.3 Å². The van der Waals surface area contributed by atoms with Gasteiger partial charge in [0.05, 0.1) is 40.1 Å². The van der Waals surface area contributed by atoms with Crippen LogP contribution in [0.1, 0.15) is 5.56 Å². The van der Waals surface area contributed by atoms with Crippen molar-refractivity contribution in [2.75, 3.05) is 12.9 Å². The molecule has 1 N–H and O–H groups in total. The molecular weight excluding hydrogens is 584 g/mol. The van der Waals surface area contributed by atoms with Gasteiger partial charge >= 0.3 is 0 Å². The summed E-state index contributed by atoms with van der Waals surface area (Å²) in [6, 6.07) is 20.0. The maximum atomic E-state index is 13.2. The quantitative estimate of drug-likeness (QED) is 0.137. The monoisotopic (exact) mass is 600 g/mol. The van der Waals surface area contributed by atoms with Crippen LogP contribution >= 0.6 is 43.6 Å². The van der Waals surface area contributed by atoms with Gasteiger partial charge in [0.1, 0.15) is 5.75 Å². The topological polar surface area (TPSA) is 85.6 Å². The summed E-state index contributed by atoms with van der Waals surface area (Å²) in [5.41, 5.74) is 4.35. The number of amides is 1. The Kier molecular flexibility index (Phi) is 7.81. The molecule has 0 unspecified atom stereocenters. The number of benzene rings is 3. The lowest BCUT2D eigenvalue weighted by molar-refractivity contribution is -0.118. The summed E-state index contributed by atoms with van der Waals surface area (Å²) in [6.45, 7) is 0. The van der Waals surface area contributed by atoms with Crippen LogP contribution in [0.2, 0.25) is 0 Å². The SMILES string of the molecule is COc1ccc(/C=N\NC(=O)CSc2nc3ccccc3c(=O)n2-c2ccc(Br)cc2)cc1Br. The molecule has 0 saturated carbocycles. The highest BCUT2D eigenvalue weighted by Crippen LogP contribution is 2.25. The average molecular weight is 602 g/mol. The Morgan fingerprint density at radius 1 is 1.15 bits per heavy atom. The molecule has 172 valence electrons. The number of nitrogens with one attached hydrogen (secondary N) is 1. The van der Waals surface area contributed by atoms with E-state index in [1.807, 2.05) is 42.5 Å². The zero-order valence-electron chi connectivity index (χ0n) is 17.9. The van der Waals surface area contributed by atoms with E-state index < -0.39 is 0 Å². The molecule has 7 nitrogen and oxygen atoms in total. The Labute approximate surface area is 216 Å². The maximum absolute atomic E-state index is 13.2. The summed E-state index contributed by atoms with van der Waals surface area (Å²) in [4.78, 5) is 30.3. The fourth-order valence-corrected chi connectivity index (χ4v) is 4.76. The number of aromatic nitrogens is 2. The Bertz CT molecular complexity index is 1440. The van der Waals surface area contributed by atoms with Crippen molar-refractivity contribution in [1.29, 1.82) is 0 Å². The Balaban J connectivity index is 1.53. The van der Waals surface area contributed by atoms with Gasteiger partial charge in [-0.15, -0.1) is 0 Å². The molecule has 0 aliphatic rings. The van der Waals surface area contributed by atoms with Gasteiger partial charge in [0, 0.05) is 4.47 Å². The zero-order valence-corrected chi connectivity index (χ0v) is 21.9. The molecule has 0 atom stereocenters. The second kappa shape index (κ2) is 11.0. The standard InChI is InChI=1S/C24H18Br2N4O3S/c1-33-21-11-6-15(12-19(21)26)13-27-29-22(31)14-34-24-28-20-5-3-2-4-18(20)23(32)30(24)17-9-7-16(25)8-10-17/h2-13H,14H2,1H3,(H,29,31)/b27-13-. The van der Waals surface area contributed by atoms with Crippen LogP contribution in [0.15, 0.2) is 90.7 Å². The first-order valence-corrected chi connectivity index (χ1v) is 12.6. The number of nitrogens with zero attached hydrogens (tertiary/aromatic N) is 3. The lowest BCUT2D eigenvalue weighted by Gasteiger charge is -2.13. The van der Waals surface area contributed by atoms with Crippen LogP contribution in [0.5, 0.6) is 5.75 Å². The van der Waals surface area contributed by atoms with Crippen LogP contribution in [-0.4, -0.2) is 34.5 Å². The molecule has 0 spiro atoms. The van der Waals surface area contributed by atoms with Crippen molar-refractivity contribution in [3.05, 3.63) is 91.6 Å². The molecule has 3 aromatic carbocycles. The van der Waals surface area contributed by atoms with E-state index >= 15 is 0 Å². The minimum atomic E-state index is -0.321. The van der Waals surface area contributed by atoms with Crippen LogP contribution in [-0.2, 0) is 4.79 Å². The average Bonchev–Trinajstić information content (AvgIpc) is 2.84. The van der Waals surface area contributed by atoms with Crippen molar-refractivity contribution < 1.29 is 9.53 Å². The molecule has 0 radical (unpaired) electrons. The Morgan fingerprint density at radius 2 is 1.91 bits per heavy atom. The maximum Gasteiger partial charge on any atom is 0.266 e. The van der Waals surface area contributed by atoms with Crippen LogP contribution < -0.4 is 15.7 Å². The van der Waals surface area contributed by atoms with Gasteiger partial charge in [0.25, 0.3) is 11.5 Å². The predicted octanol–water partition coefficient (Wildman–Crippen LogP) is 5.16. The number of fused-ring (bicyclic) bond motifs is 1. The summed E-state index contributed by atoms with van der Waals surface area (Å²) in [6.07, 6.45) is 1.54. The third-order valence-corrected chi connectivity index (χ3v) is 6.83. The number of hydrogen-bond acceptors (Lipinski definition) is 6. The van der Waals surface area contributed by atoms with Gasteiger partial charge in [0.15, 0.2) is 5.16 Å². The molecule has 0 bridgehead atoms. The summed E-state index contributed by atoms with van der Waals surface area (Å²) >= 11 is 8.00. The number of rotatable bonds is 7. The molecule has 10 heteroatoms. The number of methoxy groups -OCH3 is 1. The Hall–Kier alpha value is -2.95. The molecule has 1 heterocycles. The Morgan fingerprint density at radius 3 is 2.65 bits per heavy atom. The number of carbonyl (C=O) groups excluding carboxylic acids is 1. The van der Waals surface area contributed by atoms with Crippen LogP contribution in [0.3, 0.4) is 0 Å². The van der Waals surface area contributed by atoms with Gasteiger partial charge in [-0.05, 0) is 76.1 Å². The van der Waals surface area contributed by atoms with Gasteiger partial charge in [-0.25, -0.2) is 10.4 Å². The van der Waals surface area contributed by atoms with Crippen molar-refractivity contribution in [1.82, 2.24) is 15.0 Å². The first kappa shape index (κ1) is 24.2. The number of hydrazone groups is 1. The summed E-state index contributed by atoms with van der Waals surface area (Å²) in [7, 11) is 1.59. The van der Waals surface area contributed by atoms with E-state index in [1.54, 1.807) is 37.6 Å². The summed E-state index contributed by atoms with van der Waals surface area (Å²) < 4.78 is 8.40. The van der Waals surface area contributed by atoms with Gasteiger partial charge in [0.2, 0.25) is 0 Å². The van der Waals surface area contributed by atoms with Crippen LogP contribution in [0, 0.1) is 0 Å². The van der Waals surface area contributed by atoms with E-state index in [0.717, 1.165) is 14.5 Å². The van der Waals surface area contributed by atoms with E-state index in [2.05, 4.69) is 47.4 Å². The minimum absolute atomic E-state index is 0.0327. The molecule has 4 aromatic rings. The first-order valence-electron chi connectivity index (χ1n) is 10.0. The predicted molar refractivity (Wildman–Crippen MR) is 142 cm³/mol. The molecule has 1 aromatic heterocycles. The smallest absolute Gasteiger partial charge is 0.266 e. The fraction of sp³-hybridized carbons (Fsp3) is 0.0833. The second-order valence-corrected chi connectivity index (χ2v) is 9.72. The van der Waals surface area contributed by atoms with Crippen molar-refractivity contribution in [2.45, 2.75) is 5.16 Å². The molecular formula is C24H18Br2N4O3S. The third kappa shape index (κ3) is 5.57. The summed E-state index contributed by atoms with van der Waals surface area (Å²) in [5, 5.41) is 4.94. The van der Waals surface area contributed by atoms with E-state index in [-0.39, 0.29) is 17.2 Å². The highest BCUT2D eigenvalue weighted by atomic mass is 79.9. The largest absolute Gasteiger partial charge is 0.496 e. The van der Waals surface area contributed by atoms with Crippen molar-refractivity contribution in [3.63, 3.8) is 0 Å². The lowest BCUT2D eigenvalue weighted by Crippen LogP contribution is -2.24. The number of hydrogen-bond donors (Lipinski definition) is 1. The molecule has 0 aliphatic heterocycles. The third-order valence-electron chi connectivity index (χ3n) is 4.74. The molecule has 1 amide bonds. The van der Waals surface area contributed by atoms with Gasteiger partial charge in [-0.2, -0.15) is 5.10 Å². The minimum Gasteiger partial charge on any atom is -0.496 e. The van der Waals surface area contributed by atoms with E-state index in [4.69, 9.17) is 4.74 Å². The number of thioether (sulfide) groups is 1. The van der Waals surface area contributed by atoms with Gasteiger partial charge in [-0.3, -0.25) is 14.2 Å². The lowest BCUT2D eigenvalue weighted by atomic mass is 10.2. The van der Waals surface area contributed by atoms with Crippen molar-refractivity contribution >= 4 is 66.6 Å². The van der Waals surface area contributed by atoms with Crippen LogP contribution in [0.25, 0.3) is 16.6 Å². The zero-order chi connectivity index (χ0) is 24.1. The highest BCUT2D eigenvalue weighted by Gasteiger charge is 2.14. The van der Waals surface area contributed by atoms with E-state index in [0.29, 0.717) is 27.5 Å². The number of carbonyl (C=O) groups is 1. The molecule has 4 rings (SSSR count). The van der Waals surface area contributed by atoms with Gasteiger partial charge in [-0.1, -0.05) is 39.8 Å². The van der Waals surface area contributed by atoms with Crippen molar-refractivity contribution in [2.24, 2.45) is 5.10 Å². The normalized spacial score (nSPS) is 11.1. The van der Waals surface area contributed by atoms with Crippen LogP contribution in [0.4, 0.5) is 0 Å². The highest BCUT2D eigenvalue weighted by molar-refractivity contribution is 9.10. The van der Waals surface area contributed by atoms with Gasteiger partial charge < -0.3 is 4.74 Å². The summed E-state index contributed by atoms with van der Waals surface area (Å²) in [5.74, 6) is 0.418. The number of ether oxygens (including phenoxy) is 1. The molecule has 0 saturated heterocycles.